The maximum atomic E-state index is 11.6. The van der Waals surface area contributed by atoms with Crippen molar-refractivity contribution in [1.82, 2.24) is 9.97 Å². The van der Waals surface area contributed by atoms with Gasteiger partial charge in [0.15, 0.2) is 5.78 Å². The largest absolute Gasteiger partial charge is 0.367 e. The summed E-state index contributed by atoms with van der Waals surface area (Å²) in [6, 6.07) is 8.20. The second-order valence-electron chi connectivity index (χ2n) is 5.59. The molecule has 21 heavy (non-hydrogen) atoms. The number of hydrogen-bond acceptors (Lipinski definition) is 4. The summed E-state index contributed by atoms with van der Waals surface area (Å²) in [6.07, 6.45) is 6.04. The van der Waals surface area contributed by atoms with Crippen molar-refractivity contribution in [2.75, 3.05) is 5.32 Å². The van der Waals surface area contributed by atoms with E-state index < -0.39 is 0 Å². The van der Waals surface area contributed by atoms with Crippen LogP contribution >= 0.6 is 0 Å². The molecule has 0 unspecified atom stereocenters. The average Bonchev–Trinajstić information content (AvgIpc) is 3.31. The summed E-state index contributed by atoms with van der Waals surface area (Å²) in [4.78, 5) is 20.5. The van der Waals surface area contributed by atoms with Crippen LogP contribution in [0.15, 0.2) is 36.7 Å². The third-order valence-electron chi connectivity index (χ3n) is 3.92. The van der Waals surface area contributed by atoms with E-state index in [1.807, 2.05) is 30.5 Å². The van der Waals surface area contributed by atoms with E-state index in [2.05, 4.69) is 10.3 Å². The summed E-state index contributed by atoms with van der Waals surface area (Å²) < 4.78 is 0. The first-order valence-corrected chi connectivity index (χ1v) is 7.17. The molecule has 4 heteroatoms. The number of anilines is 1. The minimum atomic E-state index is 0.0571. The summed E-state index contributed by atoms with van der Waals surface area (Å²) in [6.45, 7) is 1.58. The normalized spacial score (nSPS) is 14.5. The Morgan fingerprint density at radius 2 is 2.05 bits per heavy atom. The number of fused-ring (bicyclic) bond motifs is 3. The fourth-order valence-corrected chi connectivity index (χ4v) is 2.60. The van der Waals surface area contributed by atoms with Gasteiger partial charge in [-0.15, -0.1) is 0 Å². The third-order valence-corrected chi connectivity index (χ3v) is 3.92. The number of carbonyl (C=O) groups is 1. The molecule has 0 spiro atoms. The van der Waals surface area contributed by atoms with Gasteiger partial charge in [0.1, 0.15) is 5.82 Å². The van der Waals surface area contributed by atoms with Crippen LogP contribution < -0.4 is 5.32 Å². The Balaban J connectivity index is 2.02. The Morgan fingerprint density at radius 3 is 2.81 bits per heavy atom. The van der Waals surface area contributed by atoms with E-state index in [-0.39, 0.29) is 5.78 Å². The van der Waals surface area contributed by atoms with E-state index in [0.717, 1.165) is 27.5 Å². The lowest BCUT2D eigenvalue weighted by molar-refractivity contribution is 0.101. The number of hydrogen-bond donors (Lipinski definition) is 1. The molecule has 4 nitrogen and oxygen atoms in total. The first-order valence-electron chi connectivity index (χ1n) is 7.17. The van der Waals surface area contributed by atoms with Gasteiger partial charge in [-0.3, -0.25) is 9.78 Å². The number of benzene rings is 1. The summed E-state index contributed by atoms with van der Waals surface area (Å²) in [5, 5.41) is 6.66. The number of Topliss-reactive ketones (excluding diaryl/α,β-unsaturated/α-hetero) is 1. The van der Waals surface area contributed by atoms with Gasteiger partial charge in [0.25, 0.3) is 0 Å². The second-order valence-corrected chi connectivity index (χ2v) is 5.59. The number of nitrogens with one attached hydrogen (secondary N) is 1. The molecule has 1 saturated carbocycles. The van der Waals surface area contributed by atoms with E-state index in [9.17, 15) is 4.79 Å². The molecule has 0 bridgehead atoms. The van der Waals surface area contributed by atoms with E-state index >= 15 is 0 Å². The number of ketones is 1. The van der Waals surface area contributed by atoms with Crippen LogP contribution in [0.25, 0.3) is 21.7 Å². The molecule has 0 aliphatic heterocycles. The topological polar surface area (TPSA) is 54.9 Å². The van der Waals surface area contributed by atoms with Gasteiger partial charge < -0.3 is 5.32 Å². The summed E-state index contributed by atoms with van der Waals surface area (Å²) in [7, 11) is 0. The van der Waals surface area contributed by atoms with Gasteiger partial charge in [0.05, 0.1) is 5.52 Å². The minimum absolute atomic E-state index is 0.0571. The number of aromatic nitrogens is 2. The summed E-state index contributed by atoms with van der Waals surface area (Å²) in [5.41, 5.74) is 1.53. The fraction of sp³-hybridized carbons (Fsp3) is 0.235. The molecule has 0 amide bonds. The maximum Gasteiger partial charge on any atom is 0.159 e. The minimum Gasteiger partial charge on any atom is -0.367 e. The van der Waals surface area contributed by atoms with Crippen LogP contribution in [0.3, 0.4) is 0 Å². The highest BCUT2D eigenvalue weighted by Gasteiger charge is 2.22. The second kappa shape index (κ2) is 4.52. The number of rotatable bonds is 3. The molecule has 3 aromatic rings. The van der Waals surface area contributed by atoms with E-state index in [0.29, 0.717) is 11.6 Å². The van der Waals surface area contributed by atoms with Gasteiger partial charge in [-0.05, 0) is 31.9 Å². The predicted molar refractivity (Wildman–Crippen MR) is 83.7 cm³/mol. The molecule has 1 N–H and O–H groups in total. The number of nitrogens with zero attached hydrogens (tertiary/aromatic N) is 2. The van der Waals surface area contributed by atoms with Crippen molar-refractivity contribution in [3.8, 4) is 0 Å². The zero-order valence-electron chi connectivity index (χ0n) is 11.8. The fourth-order valence-electron chi connectivity index (χ4n) is 2.60. The highest BCUT2D eigenvalue weighted by Crippen LogP contribution is 2.32. The molecule has 1 fully saturated rings. The molecular weight excluding hydrogens is 262 g/mol. The van der Waals surface area contributed by atoms with Crippen molar-refractivity contribution in [3.05, 3.63) is 42.2 Å². The SMILES string of the molecule is CC(=O)c1ccc2c(c1)nc(NC1CC1)c1ccncc12. The average molecular weight is 277 g/mol. The standard InChI is InChI=1S/C17H15N3O/c1-10(21)11-2-5-13-15-9-18-7-6-14(15)17(19-12-3-4-12)20-16(13)8-11/h2,5-9,12H,3-4H2,1H3,(H,19,20). The Labute approximate surface area is 122 Å². The molecule has 0 radical (unpaired) electrons. The van der Waals surface area contributed by atoms with Crippen LogP contribution in [0, 0.1) is 0 Å². The Bertz CT molecular complexity index is 868. The van der Waals surface area contributed by atoms with Gasteiger partial charge >= 0.3 is 0 Å². The van der Waals surface area contributed by atoms with Gasteiger partial charge in [-0.2, -0.15) is 0 Å². The Hall–Kier alpha value is -2.49. The van der Waals surface area contributed by atoms with Crippen molar-refractivity contribution < 1.29 is 4.79 Å². The Morgan fingerprint density at radius 1 is 1.19 bits per heavy atom. The Kier molecular flexibility index (Phi) is 2.64. The van der Waals surface area contributed by atoms with Gasteiger partial charge in [-0.1, -0.05) is 12.1 Å². The molecular formula is C17H15N3O. The van der Waals surface area contributed by atoms with Crippen LogP contribution in [-0.2, 0) is 0 Å². The lowest BCUT2D eigenvalue weighted by Gasteiger charge is -2.11. The highest BCUT2D eigenvalue weighted by molar-refractivity contribution is 6.11. The lowest BCUT2D eigenvalue weighted by atomic mass is 10.0. The van der Waals surface area contributed by atoms with E-state index in [1.54, 1.807) is 13.1 Å². The van der Waals surface area contributed by atoms with Gasteiger partial charge in [-0.25, -0.2) is 4.98 Å². The first kappa shape index (κ1) is 12.3. The quantitative estimate of drug-likeness (QED) is 0.587. The van der Waals surface area contributed by atoms with Crippen LogP contribution in [0.5, 0.6) is 0 Å². The molecule has 1 aliphatic carbocycles. The van der Waals surface area contributed by atoms with Gasteiger partial charge in [0, 0.05) is 40.2 Å². The van der Waals surface area contributed by atoms with Gasteiger partial charge in [0.2, 0.25) is 0 Å². The monoisotopic (exact) mass is 277 g/mol. The van der Waals surface area contributed by atoms with Crippen molar-refractivity contribution in [2.24, 2.45) is 0 Å². The molecule has 0 atom stereocenters. The molecule has 1 aliphatic rings. The highest BCUT2D eigenvalue weighted by atomic mass is 16.1. The van der Waals surface area contributed by atoms with Crippen molar-refractivity contribution in [3.63, 3.8) is 0 Å². The molecule has 4 rings (SSSR count). The van der Waals surface area contributed by atoms with Crippen LogP contribution in [0.4, 0.5) is 5.82 Å². The van der Waals surface area contributed by atoms with Crippen LogP contribution in [0.2, 0.25) is 0 Å². The first-order chi connectivity index (χ1) is 10.2. The molecule has 1 aromatic carbocycles. The predicted octanol–water partition coefficient (Wildman–Crippen LogP) is 3.56. The zero-order chi connectivity index (χ0) is 14.4. The molecule has 2 heterocycles. The number of carbonyl (C=O) groups excluding carboxylic acids is 1. The smallest absolute Gasteiger partial charge is 0.159 e. The maximum absolute atomic E-state index is 11.6. The van der Waals surface area contributed by atoms with Crippen molar-refractivity contribution in [2.45, 2.75) is 25.8 Å². The van der Waals surface area contributed by atoms with Crippen molar-refractivity contribution >= 4 is 33.3 Å². The molecule has 2 aromatic heterocycles. The lowest BCUT2D eigenvalue weighted by Crippen LogP contribution is -2.04. The van der Waals surface area contributed by atoms with E-state index in [1.165, 1.54) is 12.8 Å². The number of pyridine rings is 2. The third kappa shape index (κ3) is 2.13. The van der Waals surface area contributed by atoms with Crippen LogP contribution in [-0.4, -0.2) is 21.8 Å². The molecule has 104 valence electrons. The summed E-state index contributed by atoms with van der Waals surface area (Å²) >= 11 is 0. The molecule has 0 saturated heterocycles. The van der Waals surface area contributed by atoms with Crippen molar-refractivity contribution in [1.29, 1.82) is 0 Å². The zero-order valence-corrected chi connectivity index (χ0v) is 11.8. The van der Waals surface area contributed by atoms with Crippen LogP contribution in [0.1, 0.15) is 30.1 Å². The summed E-state index contributed by atoms with van der Waals surface area (Å²) in [5.74, 6) is 0.949. The van der Waals surface area contributed by atoms with E-state index in [4.69, 9.17) is 4.98 Å².